The van der Waals surface area contributed by atoms with Gasteiger partial charge >= 0.3 is 0 Å². The first-order valence-electron chi connectivity index (χ1n) is 12.4. The SMILES string of the molecule is Cc1cccc2c1CCc1ccncc1C2NC(=S)NNc1ncc(C(=O)N[C@@H]2CCN(C)C2=O)cc1Cl. The van der Waals surface area contributed by atoms with Crippen LogP contribution < -0.4 is 21.5 Å². The van der Waals surface area contributed by atoms with Gasteiger partial charge in [0.2, 0.25) is 5.91 Å². The second kappa shape index (κ2) is 10.9. The fourth-order valence-electron chi connectivity index (χ4n) is 4.98. The van der Waals surface area contributed by atoms with Crippen molar-refractivity contribution in [1.29, 1.82) is 0 Å². The molecular formula is C27H28ClN7O2S. The number of carbonyl (C=O) groups excluding carboxylic acids is 2. The standard InChI is InChI=1S/C27H28ClN7O2S/c1-15-4-3-5-19-18(15)7-6-16-8-10-29-14-20(16)23(19)32-27(38)34-33-24-21(28)12-17(13-30-24)25(36)31-22-9-11-35(2)26(22)37/h3-5,8,10,12-14,22-23H,6-7,9,11H2,1-2H3,(H,30,33)(H,31,36)(H2,32,34,38)/t22-,23?/m1/s1. The number of hydrogen-bond acceptors (Lipinski definition) is 6. The molecule has 9 nitrogen and oxygen atoms in total. The van der Waals surface area contributed by atoms with Crippen LogP contribution in [-0.4, -0.2) is 51.4 Å². The number of aromatic nitrogens is 2. The number of amides is 2. The molecule has 38 heavy (non-hydrogen) atoms. The molecule has 0 spiro atoms. The van der Waals surface area contributed by atoms with E-state index in [1.165, 1.54) is 34.5 Å². The lowest BCUT2D eigenvalue weighted by Crippen LogP contribution is -2.41. The highest BCUT2D eigenvalue weighted by molar-refractivity contribution is 7.80. The van der Waals surface area contributed by atoms with Gasteiger partial charge in [-0.25, -0.2) is 4.98 Å². The summed E-state index contributed by atoms with van der Waals surface area (Å²) >= 11 is 12.0. The summed E-state index contributed by atoms with van der Waals surface area (Å²) < 4.78 is 0. The summed E-state index contributed by atoms with van der Waals surface area (Å²) in [7, 11) is 1.71. The number of hydrogen-bond donors (Lipinski definition) is 4. The number of halogens is 1. The summed E-state index contributed by atoms with van der Waals surface area (Å²) in [4.78, 5) is 34.9. The Morgan fingerprint density at radius 3 is 2.76 bits per heavy atom. The smallest absolute Gasteiger partial charge is 0.253 e. The number of nitrogens with one attached hydrogen (secondary N) is 4. The maximum absolute atomic E-state index is 12.6. The summed E-state index contributed by atoms with van der Waals surface area (Å²) in [6.45, 7) is 2.74. The molecule has 2 amide bonds. The van der Waals surface area contributed by atoms with Crippen molar-refractivity contribution >= 4 is 46.6 Å². The van der Waals surface area contributed by atoms with E-state index in [0.717, 1.165) is 18.4 Å². The van der Waals surface area contributed by atoms with Gasteiger partial charge in [-0.1, -0.05) is 29.8 Å². The largest absolute Gasteiger partial charge is 0.350 e. The van der Waals surface area contributed by atoms with Crippen LogP contribution in [0.15, 0.2) is 48.9 Å². The van der Waals surface area contributed by atoms with Crippen molar-refractivity contribution in [3.05, 3.63) is 87.3 Å². The van der Waals surface area contributed by atoms with Gasteiger partial charge in [0.05, 0.1) is 16.6 Å². The normalized spacial score (nSPS) is 18.2. The number of likely N-dealkylation sites (tertiary alicyclic amines) is 1. The number of aryl methyl sites for hydroxylation is 2. The minimum absolute atomic E-state index is 0.106. The summed E-state index contributed by atoms with van der Waals surface area (Å²) in [5.41, 5.74) is 12.2. The van der Waals surface area contributed by atoms with Gasteiger partial charge in [0.1, 0.15) is 6.04 Å². The molecule has 1 fully saturated rings. The van der Waals surface area contributed by atoms with E-state index in [2.05, 4.69) is 62.6 Å². The van der Waals surface area contributed by atoms with E-state index in [-0.39, 0.29) is 22.5 Å². The summed E-state index contributed by atoms with van der Waals surface area (Å²) in [6.07, 6.45) is 7.55. The van der Waals surface area contributed by atoms with Crippen molar-refractivity contribution in [3.8, 4) is 0 Å². The third kappa shape index (κ3) is 5.27. The first kappa shape index (κ1) is 25.9. The fraction of sp³-hybridized carbons (Fsp3) is 0.296. The van der Waals surface area contributed by atoms with Crippen LogP contribution in [0.25, 0.3) is 0 Å². The lowest BCUT2D eigenvalue weighted by atomic mass is 9.93. The Hall–Kier alpha value is -3.76. The number of anilines is 1. The van der Waals surface area contributed by atoms with Crippen LogP contribution in [0.2, 0.25) is 5.02 Å². The molecule has 2 aromatic heterocycles. The van der Waals surface area contributed by atoms with E-state index in [0.29, 0.717) is 23.9 Å². The maximum atomic E-state index is 12.6. The molecule has 2 atom stereocenters. The second-order valence-corrected chi connectivity index (χ2v) is 10.3. The van der Waals surface area contributed by atoms with Crippen molar-refractivity contribution in [3.63, 3.8) is 0 Å². The summed E-state index contributed by atoms with van der Waals surface area (Å²) in [6, 6.07) is 9.15. The second-order valence-electron chi connectivity index (χ2n) is 9.50. The number of carbonyl (C=O) groups is 2. The van der Waals surface area contributed by atoms with E-state index in [1.54, 1.807) is 11.9 Å². The first-order valence-corrected chi connectivity index (χ1v) is 13.2. The Labute approximate surface area is 231 Å². The lowest BCUT2D eigenvalue weighted by Gasteiger charge is -2.24. The van der Waals surface area contributed by atoms with Crippen LogP contribution in [0.5, 0.6) is 0 Å². The summed E-state index contributed by atoms with van der Waals surface area (Å²) in [5.74, 6) is -0.201. The molecule has 1 saturated heterocycles. The Morgan fingerprint density at radius 2 is 2.00 bits per heavy atom. The molecule has 11 heteroatoms. The highest BCUT2D eigenvalue weighted by Crippen LogP contribution is 2.33. The molecule has 4 N–H and O–H groups in total. The van der Waals surface area contributed by atoms with Gasteiger partial charge < -0.3 is 15.5 Å². The van der Waals surface area contributed by atoms with Crippen molar-refractivity contribution in [1.82, 2.24) is 30.9 Å². The van der Waals surface area contributed by atoms with Gasteiger partial charge in [-0.2, -0.15) is 0 Å². The van der Waals surface area contributed by atoms with E-state index < -0.39 is 11.9 Å². The Bertz CT molecular complexity index is 1420. The number of nitrogens with zero attached hydrogens (tertiary/aromatic N) is 3. The van der Waals surface area contributed by atoms with Crippen molar-refractivity contribution in [2.45, 2.75) is 38.3 Å². The Kier molecular flexibility index (Phi) is 7.44. The number of thiocarbonyl (C=S) groups is 1. The first-order chi connectivity index (χ1) is 18.3. The highest BCUT2D eigenvalue weighted by atomic mass is 35.5. The number of benzene rings is 1. The Morgan fingerprint density at radius 1 is 1.16 bits per heavy atom. The molecule has 5 rings (SSSR count). The van der Waals surface area contributed by atoms with Crippen LogP contribution in [0.3, 0.4) is 0 Å². The van der Waals surface area contributed by atoms with Crippen LogP contribution in [-0.2, 0) is 17.6 Å². The zero-order valence-corrected chi connectivity index (χ0v) is 22.6. The monoisotopic (exact) mass is 549 g/mol. The van der Waals surface area contributed by atoms with Gasteiger partial charge in [0, 0.05) is 37.7 Å². The number of hydrazine groups is 1. The molecule has 0 saturated carbocycles. The topological polar surface area (TPSA) is 111 Å². The third-order valence-electron chi connectivity index (χ3n) is 7.07. The molecule has 3 aromatic rings. The minimum atomic E-state index is -0.535. The third-order valence-corrected chi connectivity index (χ3v) is 7.57. The van der Waals surface area contributed by atoms with Crippen molar-refractivity contribution < 1.29 is 9.59 Å². The molecule has 1 aromatic carbocycles. The fourth-order valence-corrected chi connectivity index (χ4v) is 5.36. The average molecular weight is 550 g/mol. The molecule has 196 valence electrons. The number of pyridine rings is 2. The summed E-state index contributed by atoms with van der Waals surface area (Å²) in [5, 5.41) is 6.73. The molecule has 0 bridgehead atoms. The van der Waals surface area contributed by atoms with Gasteiger partial charge in [-0.3, -0.25) is 25.4 Å². The zero-order valence-electron chi connectivity index (χ0n) is 21.0. The van der Waals surface area contributed by atoms with Gasteiger partial charge in [0.15, 0.2) is 10.9 Å². The average Bonchev–Trinajstić information content (AvgIpc) is 3.13. The zero-order chi connectivity index (χ0) is 26.8. The molecular weight excluding hydrogens is 522 g/mol. The van der Waals surface area contributed by atoms with Crippen LogP contribution in [0.4, 0.5) is 5.82 Å². The van der Waals surface area contributed by atoms with Gasteiger partial charge in [0.25, 0.3) is 5.91 Å². The molecule has 1 unspecified atom stereocenters. The lowest BCUT2D eigenvalue weighted by molar-refractivity contribution is -0.128. The van der Waals surface area contributed by atoms with Gasteiger partial charge in [-0.05, 0) is 72.8 Å². The van der Waals surface area contributed by atoms with Crippen LogP contribution >= 0.6 is 23.8 Å². The minimum Gasteiger partial charge on any atom is -0.350 e. The Balaban J connectivity index is 1.26. The highest BCUT2D eigenvalue weighted by Gasteiger charge is 2.30. The number of likely N-dealkylation sites (N-methyl/N-ethyl adjacent to an activating group) is 1. The molecule has 3 heterocycles. The van der Waals surface area contributed by atoms with Crippen LogP contribution in [0.1, 0.15) is 50.6 Å². The molecule has 2 aliphatic rings. The van der Waals surface area contributed by atoms with Crippen molar-refractivity contribution in [2.24, 2.45) is 0 Å². The van der Waals surface area contributed by atoms with E-state index in [4.69, 9.17) is 23.8 Å². The number of fused-ring (bicyclic) bond motifs is 2. The maximum Gasteiger partial charge on any atom is 0.253 e. The predicted molar refractivity (Wildman–Crippen MR) is 150 cm³/mol. The van der Waals surface area contributed by atoms with E-state index in [1.807, 2.05) is 12.4 Å². The van der Waals surface area contributed by atoms with Crippen LogP contribution in [0, 0.1) is 6.92 Å². The quantitative estimate of drug-likeness (QED) is 0.284. The van der Waals surface area contributed by atoms with E-state index in [9.17, 15) is 9.59 Å². The molecule has 1 aliphatic carbocycles. The predicted octanol–water partition coefficient (Wildman–Crippen LogP) is 3.08. The van der Waals surface area contributed by atoms with Crippen molar-refractivity contribution in [2.75, 3.05) is 19.0 Å². The van der Waals surface area contributed by atoms with Gasteiger partial charge in [-0.15, -0.1) is 0 Å². The number of rotatable bonds is 5. The molecule has 0 radical (unpaired) electrons. The van der Waals surface area contributed by atoms with E-state index >= 15 is 0 Å². The molecule has 1 aliphatic heterocycles.